The quantitative estimate of drug-likeness (QED) is 0.660. The van der Waals surface area contributed by atoms with E-state index in [2.05, 4.69) is 15.5 Å². The lowest BCUT2D eigenvalue weighted by Gasteiger charge is -2.31. The fraction of sp³-hybridized carbons (Fsp3) is 0.375. The number of carbonyl (C=O) groups is 3. The number of benzene rings is 2. The van der Waals surface area contributed by atoms with Gasteiger partial charge in [-0.15, -0.1) is 0 Å². The van der Waals surface area contributed by atoms with Crippen molar-refractivity contribution in [3.05, 3.63) is 65.7 Å². The van der Waals surface area contributed by atoms with E-state index in [1.165, 1.54) is 12.5 Å². The first-order valence-electron chi connectivity index (χ1n) is 10.5. The first kappa shape index (κ1) is 21.7. The molecule has 0 saturated carbocycles. The average molecular weight is 408 g/mol. The first-order valence-corrected chi connectivity index (χ1v) is 10.5. The molecule has 2 amide bonds. The summed E-state index contributed by atoms with van der Waals surface area (Å²) in [7, 11) is 0. The molecule has 2 N–H and O–H groups in total. The van der Waals surface area contributed by atoms with E-state index in [9.17, 15) is 14.4 Å². The van der Waals surface area contributed by atoms with Gasteiger partial charge >= 0.3 is 0 Å². The van der Waals surface area contributed by atoms with Gasteiger partial charge in [-0.1, -0.05) is 42.5 Å². The Morgan fingerprint density at radius 3 is 2.40 bits per heavy atom. The Morgan fingerprint density at radius 2 is 1.70 bits per heavy atom. The molecule has 0 atom stereocenters. The summed E-state index contributed by atoms with van der Waals surface area (Å²) in [6.45, 7) is 3.35. The highest BCUT2D eigenvalue weighted by Gasteiger charge is 2.22. The van der Waals surface area contributed by atoms with E-state index in [0.29, 0.717) is 24.2 Å². The highest BCUT2D eigenvalue weighted by molar-refractivity contribution is 5.97. The number of anilines is 1. The molecule has 1 heterocycles. The first-order chi connectivity index (χ1) is 14.5. The highest BCUT2D eigenvalue weighted by atomic mass is 16.2. The van der Waals surface area contributed by atoms with Gasteiger partial charge in [-0.05, 0) is 43.9 Å². The molecule has 0 spiro atoms. The van der Waals surface area contributed by atoms with Crippen LogP contribution in [0.4, 0.5) is 5.69 Å². The molecule has 0 aliphatic carbocycles. The Hall–Kier alpha value is -2.99. The van der Waals surface area contributed by atoms with Crippen molar-refractivity contribution in [2.75, 3.05) is 25.0 Å². The summed E-state index contributed by atoms with van der Waals surface area (Å²) in [6, 6.07) is 17.1. The molecule has 3 rings (SSSR count). The van der Waals surface area contributed by atoms with Crippen LogP contribution in [0.1, 0.15) is 42.1 Å². The summed E-state index contributed by atoms with van der Waals surface area (Å²) in [4.78, 5) is 38.1. The van der Waals surface area contributed by atoms with Gasteiger partial charge in [-0.25, -0.2) is 0 Å². The number of hydrogen-bond donors (Lipinski definition) is 2. The minimum Gasteiger partial charge on any atom is -0.353 e. The Labute approximate surface area is 177 Å². The lowest BCUT2D eigenvalue weighted by molar-refractivity contribution is -0.122. The number of aryl methyl sites for hydroxylation is 1. The second-order valence-corrected chi connectivity index (χ2v) is 7.79. The van der Waals surface area contributed by atoms with Gasteiger partial charge < -0.3 is 10.6 Å². The van der Waals surface area contributed by atoms with Crippen LogP contribution in [0.2, 0.25) is 0 Å². The van der Waals surface area contributed by atoms with Crippen molar-refractivity contribution >= 4 is 23.3 Å². The van der Waals surface area contributed by atoms with Crippen LogP contribution in [0.15, 0.2) is 54.6 Å². The van der Waals surface area contributed by atoms with Gasteiger partial charge in [0.2, 0.25) is 11.8 Å². The summed E-state index contributed by atoms with van der Waals surface area (Å²) in [5.41, 5.74) is 2.38. The number of rotatable bonds is 8. The molecule has 0 aromatic heterocycles. The molecule has 0 bridgehead atoms. The van der Waals surface area contributed by atoms with Gasteiger partial charge in [-0.3, -0.25) is 19.3 Å². The second-order valence-electron chi connectivity index (χ2n) is 7.79. The molecular formula is C24H29N3O3. The molecule has 1 fully saturated rings. The number of amides is 2. The molecular weight excluding hydrogens is 378 g/mol. The number of piperidine rings is 1. The van der Waals surface area contributed by atoms with Crippen LogP contribution in [0.3, 0.4) is 0 Å². The van der Waals surface area contributed by atoms with Crippen molar-refractivity contribution in [3.8, 4) is 0 Å². The third-order valence-corrected chi connectivity index (χ3v) is 5.36. The summed E-state index contributed by atoms with van der Waals surface area (Å²) in [5, 5.41) is 5.98. The summed E-state index contributed by atoms with van der Waals surface area (Å²) in [5.74, 6) is -0.0413. The van der Waals surface area contributed by atoms with Gasteiger partial charge in [-0.2, -0.15) is 0 Å². The molecule has 1 saturated heterocycles. The number of nitrogens with zero attached hydrogens (tertiary/aromatic N) is 1. The lowest BCUT2D eigenvalue weighted by Crippen LogP contribution is -2.46. The maximum atomic E-state index is 12.3. The molecule has 6 nitrogen and oxygen atoms in total. The summed E-state index contributed by atoms with van der Waals surface area (Å²) < 4.78 is 0. The van der Waals surface area contributed by atoms with Crippen LogP contribution in [0, 0.1) is 0 Å². The van der Waals surface area contributed by atoms with Gasteiger partial charge in [0.1, 0.15) is 0 Å². The van der Waals surface area contributed by atoms with E-state index in [1.54, 1.807) is 24.3 Å². The number of hydrogen-bond acceptors (Lipinski definition) is 4. The van der Waals surface area contributed by atoms with Crippen molar-refractivity contribution in [1.82, 2.24) is 10.2 Å². The molecule has 0 unspecified atom stereocenters. The van der Waals surface area contributed by atoms with Crippen molar-refractivity contribution in [3.63, 3.8) is 0 Å². The topological polar surface area (TPSA) is 78.5 Å². The smallest absolute Gasteiger partial charge is 0.238 e. The third kappa shape index (κ3) is 6.81. The minimum absolute atomic E-state index is 0.0287. The van der Waals surface area contributed by atoms with Crippen LogP contribution in [0.25, 0.3) is 0 Å². The molecule has 158 valence electrons. The third-order valence-electron chi connectivity index (χ3n) is 5.36. The molecule has 6 heteroatoms. The van der Waals surface area contributed by atoms with Crippen LogP contribution in [0.5, 0.6) is 0 Å². The predicted octanol–water partition coefficient (Wildman–Crippen LogP) is 3.04. The van der Waals surface area contributed by atoms with Crippen molar-refractivity contribution in [2.24, 2.45) is 0 Å². The normalized spacial score (nSPS) is 14.8. The molecule has 1 aliphatic heterocycles. The van der Waals surface area contributed by atoms with E-state index in [-0.39, 0.29) is 23.6 Å². The molecule has 30 heavy (non-hydrogen) atoms. The lowest BCUT2D eigenvalue weighted by atomic mass is 10.0. The molecule has 2 aromatic rings. The van der Waals surface area contributed by atoms with Crippen LogP contribution in [-0.2, 0) is 16.0 Å². The number of nitrogens with one attached hydrogen (secondary N) is 2. The number of carbonyl (C=O) groups excluding carboxylic acids is 3. The maximum Gasteiger partial charge on any atom is 0.238 e. The van der Waals surface area contributed by atoms with Crippen molar-refractivity contribution in [2.45, 2.75) is 38.6 Å². The fourth-order valence-electron chi connectivity index (χ4n) is 3.66. The zero-order chi connectivity index (χ0) is 21.3. The van der Waals surface area contributed by atoms with E-state index in [4.69, 9.17) is 0 Å². The number of Topliss-reactive ketones (excluding diaryl/α,β-unsaturated/α-hetero) is 1. The van der Waals surface area contributed by atoms with E-state index < -0.39 is 0 Å². The van der Waals surface area contributed by atoms with Crippen molar-refractivity contribution < 1.29 is 14.4 Å². The van der Waals surface area contributed by atoms with Crippen LogP contribution >= 0.6 is 0 Å². The van der Waals surface area contributed by atoms with Gasteiger partial charge in [0, 0.05) is 36.8 Å². The SMILES string of the molecule is CC(=O)c1cccc(NC(=O)CN2CCC(NC(=O)CCc3ccccc3)CC2)c1. The van der Waals surface area contributed by atoms with Gasteiger partial charge in [0.25, 0.3) is 0 Å². The Balaban J connectivity index is 1.36. The highest BCUT2D eigenvalue weighted by Crippen LogP contribution is 2.13. The number of likely N-dealkylation sites (tertiary alicyclic amines) is 1. The van der Waals surface area contributed by atoms with E-state index >= 15 is 0 Å². The van der Waals surface area contributed by atoms with Gasteiger partial charge in [0.05, 0.1) is 6.54 Å². The minimum atomic E-state index is -0.0963. The second kappa shape index (κ2) is 10.7. The van der Waals surface area contributed by atoms with Gasteiger partial charge in [0.15, 0.2) is 5.78 Å². The molecule has 2 aromatic carbocycles. The van der Waals surface area contributed by atoms with Crippen molar-refractivity contribution in [1.29, 1.82) is 0 Å². The van der Waals surface area contributed by atoms with E-state index in [0.717, 1.165) is 32.4 Å². The Morgan fingerprint density at radius 1 is 0.967 bits per heavy atom. The average Bonchev–Trinajstić information content (AvgIpc) is 2.74. The predicted molar refractivity (Wildman–Crippen MR) is 117 cm³/mol. The zero-order valence-electron chi connectivity index (χ0n) is 17.4. The summed E-state index contributed by atoms with van der Waals surface area (Å²) >= 11 is 0. The Kier molecular flexibility index (Phi) is 7.74. The maximum absolute atomic E-state index is 12.3. The monoisotopic (exact) mass is 407 g/mol. The largest absolute Gasteiger partial charge is 0.353 e. The van der Waals surface area contributed by atoms with E-state index in [1.807, 2.05) is 30.3 Å². The van der Waals surface area contributed by atoms with Crippen LogP contribution < -0.4 is 10.6 Å². The fourth-order valence-corrected chi connectivity index (χ4v) is 3.66. The summed E-state index contributed by atoms with van der Waals surface area (Å²) in [6.07, 6.45) is 2.91. The standard InChI is InChI=1S/C24H29N3O3/c1-18(28)20-8-5-9-22(16-20)26-24(30)17-27-14-12-21(13-15-27)25-23(29)11-10-19-6-3-2-4-7-19/h2-9,16,21H,10-15,17H2,1H3,(H,25,29)(H,26,30). The molecule has 0 radical (unpaired) electrons. The van der Waals surface area contributed by atoms with Crippen LogP contribution in [-0.4, -0.2) is 48.2 Å². The number of ketones is 1. The molecule has 1 aliphatic rings. The Bertz CT molecular complexity index is 874. The zero-order valence-corrected chi connectivity index (χ0v) is 17.4.